The molecule has 0 atom stereocenters. The van der Waals surface area contributed by atoms with Crippen LogP contribution in [-0.2, 0) is 39.0 Å². The van der Waals surface area contributed by atoms with E-state index >= 15 is 0 Å². The van der Waals surface area contributed by atoms with Crippen molar-refractivity contribution >= 4 is 98.3 Å². The lowest BCUT2D eigenvalue weighted by atomic mass is 10.0. The minimum absolute atomic E-state index is 0.123. The summed E-state index contributed by atoms with van der Waals surface area (Å²) in [6.45, 7) is 6.79. The summed E-state index contributed by atoms with van der Waals surface area (Å²) in [6, 6.07) is 42.3. The van der Waals surface area contributed by atoms with Crippen LogP contribution in [0, 0.1) is 0 Å². The van der Waals surface area contributed by atoms with Crippen LogP contribution in [-0.4, -0.2) is 41.3 Å². The van der Waals surface area contributed by atoms with Crippen LogP contribution in [0.4, 0.5) is 33.0 Å². The summed E-state index contributed by atoms with van der Waals surface area (Å²) in [7, 11) is -4.27. The van der Waals surface area contributed by atoms with Crippen molar-refractivity contribution in [1.29, 1.82) is 0 Å². The number of nitrogens with zero attached hydrogens (tertiary/aromatic N) is 8. The van der Waals surface area contributed by atoms with Crippen molar-refractivity contribution in [2.75, 3.05) is 22.9 Å². The Morgan fingerprint density at radius 2 is 1.13 bits per heavy atom. The molecule has 0 unspecified atom stereocenters. The third kappa shape index (κ3) is 11.4. The van der Waals surface area contributed by atoms with Crippen molar-refractivity contribution in [3.63, 3.8) is 0 Å². The van der Waals surface area contributed by atoms with Gasteiger partial charge in [-0.3, -0.25) is 4.55 Å². The van der Waals surface area contributed by atoms with Crippen LogP contribution < -0.4 is 9.80 Å². The summed E-state index contributed by atoms with van der Waals surface area (Å²) in [6.07, 6.45) is 0.737. The van der Waals surface area contributed by atoms with E-state index < -0.39 is 10.1 Å². The molecule has 2 N–H and O–H groups in total. The molecule has 0 saturated heterocycles. The molecule has 6 aromatic carbocycles. The Bertz CT molecular complexity index is 3010. The summed E-state index contributed by atoms with van der Waals surface area (Å²) >= 11 is 3.93. The van der Waals surface area contributed by atoms with Crippen LogP contribution in [0.2, 0.25) is 0 Å². The third-order valence-electron chi connectivity index (χ3n) is 9.99. The second-order valence-electron chi connectivity index (χ2n) is 14.2. The van der Waals surface area contributed by atoms with E-state index in [2.05, 4.69) is 75.8 Å². The zero-order valence-electron chi connectivity index (χ0n) is 34.0. The molecule has 0 fully saturated rings. The van der Waals surface area contributed by atoms with E-state index in [1.54, 1.807) is 6.07 Å². The van der Waals surface area contributed by atoms with Crippen molar-refractivity contribution in [3.05, 3.63) is 156 Å². The van der Waals surface area contributed by atoms with E-state index in [1.807, 2.05) is 97.9 Å². The van der Waals surface area contributed by atoms with Gasteiger partial charge in [0.25, 0.3) is 10.1 Å². The Labute approximate surface area is 376 Å². The van der Waals surface area contributed by atoms with Gasteiger partial charge in [0.05, 0.1) is 48.7 Å². The first-order chi connectivity index (χ1) is 30.6. The second kappa shape index (κ2) is 20.0. The van der Waals surface area contributed by atoms with Gasteiger partial charge in [-0.1, -0.05) is 64.1 Å². The summed E-state index contributed by atoms with van der Waals surface area (Å²) < 4.78 is 39.3. The molecule has 0 aliphatic rings. The molecule has 0 aliphatic heterocycles. The maximum Gasteiger partial charge on any atom is 0.294 e. The molecule has 0 saturated carbocycles. The average molecular weight is 917 g/mol. The van der Waals surface area contributed by atoms with Gasteiger partial charge in [0.15, 0.2) is 0 Å². The number of azo groups is 2. The number of hydrogen-bond acceptors (Lipinski definition) is 16. The molecule has 2 heterocycles. The maximum atomic E-state index is 11.6. The van der Waals surface area contributed by atoms with E-state index in [0.29, 0.717) is 35.6 Å². The molecule has 14 nitrogen and oxygen atoms in total. The largest absolute Gasteiger partial charge is 0.367 e. The summed E-state index contributed by atoms with van der Waals surface area (Å²) in [4.78, 5) is 14.4. The van der Waals surface area contributed by atoms with E-state index in [9.17, 15) is 13.0 Å². The van der Waals surface area contributed by atoms with Crippen molar-refractivity contribution in [1.82, 2.24) is 9.97 Å². The topological polar surface area (TPSA) is 175 Å². The molecular formula is C45H40N8O6S4. The smallest absolute Gasteiger partial charge is 0.294 e. The van der Waals surface area contributed by atoms with Gasteiger partial charge in [0.2, 0.25) is 10.3 Å². The van der Waals surface area contributed by atoms with E-state index in [-0.39, 0.29) is 4.90 Å². The van der Waals surface area contributed by atoms with Gasteiger partial charge in [-0.25, -0.2) is 15.2 Å². The zero-order chi connectivity index (χ0) is 43.8. The average Bonchev–Trinajstić information content (AvgIpc) is 3.91. The van der Waals surface area contributed by atoms with Crippen molar-refractivity contribution in [2.45, 2.75) is 43.1 Å². The molecule has 18 heteroatoms. The highest BCUT2D eigenvalue weighted by Gasteiger charge is 2.13. The van der Waals surface area contributed by atoms with Crippen LogP contribution in [0.1, 0.15) is 36.1 Å². The highest BCUT2D eigenvalue weighted by atomic mass is 32.2. The van der Waals surface area contributed by atoms with Gasteiger partial charge >= 0.3 is 0 Å². The van der Waals surface area contributed by atoms with Crippen LogP contribution in [0.15, 0.2) is 164 Å². The number of benzene rings is 6. The fourth-order valence-corrected chi connectivity index (χ4v) is 9.58. The van der Waals surface area contributed by atoms with Crippen LogP contribution in [0.25, 0.3) is 20.4 Å². The van der Waals surface area contributed by atoms with Crippen LogP contribution in [0.5, 0.6) is 0 Å². The van der Waals surface area contributed by atoms with E-state index in [1.165, 1.54) is 34.8 Å². The highest BCUT2D eigenvalue weighted by Crippen LogP contribution is 2.34. The molecule has 0 amide bonds. The molecule has 8 rings (SSSR count). The molecule has 63 heavy (non-hydrogen) atoms. The molecule has 8 aromatic rings. The first-order valence-corrected chi connectivity index (χ1v) is 23.6. The number of aromatic nitrogens is 2. The first kappa shape index (κ1) is 43.7. The quantitative estimate of drug-likeness (QED) is 0.0275. The first-order valence-electron chi connectivity index (χ1n) is 19.7. The molecular weight excluding hydrogens is 877 g/mol. The minimum atomic E-state index is -4.27. The van der Waals surface area contributed by atoms with Crippen molar-refractivity contribution < 1.29 is 27.6 Å². The fourth-order valence-electron chi connectivity index (χ4n) is 6.88. The molecule has 0 spiro atoms. The van der Waals surface area contributed by atoms with Gasteiger partial charge in [-0.05, 0) is 140 Å². The Morgan fingerprint density at radius 3 is 1.62 bits per heavy atom. The van der Waals surface area contributed by atoms with Gasteiger partial charge in [-0.15, -0.1) is 24.8 Å². The molecule has 0 radical (unpaired) electrons. The van der Waals surface area contributed by atoms with E-state index in [0.717, 1.165) is 89.7 Å². The Balaban J connectivity index is 0.871. The Kier molecular flexibility index (Phi) is 13.9. The number of anilines is 2. The Morgan fingerprint density at radius 1 is 0.619 bits per heavy atom. The van der Waals surface area contributed by atoms with Crippen LogP contribution >= 0.6 is 34.7 Å². The lowest BCUT2D eigenvalue weighted by Gasteiger charge is -2.23. The summed E-state index contributed by atoms with van der Waals surface area (Å²) in [5.41, 5.74) is 9.31. The second-order valence-corrected chi connectivity index (χ2v) is 18.4. The third-order valence-corrected chi connectivity index (χ3v) is 13.2. The monoisotopic (exact) mass is 916 g/mol. The lowest BCUT2D eigenvalue weighted by Crippen LogP contribution is -2.22. The maximum absolute atomic E-state index is 11.6. The van der Waals surface area contributed by atoms with Crippen LogP contribution in [0.3, 0.4) is 0 Å². The lowest BCUT2D eigenvalue weighted by molar-refractivity contribution is -0.432. The molecule has 2 aromatic heterocycles. The van der Waals surface area contributed by atoms with Gasteiger partial charge in [0, 0.05) is 42.4 Å². The predicted octanol–water partition coefficient (Wildman–Crippen LogP) is 13.1. The van der Waals surface area contributed by atoms with E-state index in [4.69, 9.17) is 10.2 Å². The zero-order valence-corrected chi connectivity index (χ0v) is 37.2. The normalized spacial score (nSPS) is 12.0. The van der Waals surface area contributed by atoms with Gasteiger partial charge in [0.1, 0.15) is 0 Å². The summed E-state index contributed by atoms with van der Waals surface area (Å²) in [5.74, 6) is 0. The standard InChI is InChI=1S/C45H40N8O6S4/c1-3-52(28-32-7-5-9-38(24-32)62-59-58-54)36-17-13-34(14-18-36)48-50-44-46-40-21-11-30(26-42(40)60-44)23-31-12-22-41-43(27-31)61-45(47-41)51-49-35-15-19-37(20-16-35)53(4-2)29-33-8-6-10-39(25-33)63(55,56)57/h5-22,24-27,54H,3-4,23,28-29H2,1-2H3,(H,55,56,57)/b50-48+,51-49+. The number of fused-ring (bicyclic) bond motifs is 2. The summed E-state index contributed by atoms with van der Waals surface area (Å²) in [5, 5.41) is 31.1. The molecule has 0 aliphatic carbocycles. The number of rotatable bonds is 18. The minimum Gasteiger partial charge on any atom is -0.367 e. The highest BCUT2D eigenvalue weighted by molar-refractivity contribution is 7.94. The molecule has 0 bridgehead atoms. The fraction of sp³-hybridized carbons (Fsp3) is 0.156. The Hall–Kier alpha value is -5.96. The molecule has 320 valence electrons. The SMILES string of the molecule is CCN(Cc1cccc(SOOO)c1)c1ccc(/N=N/c2nc3ccc(Cc4ccc5nc(/N=N/c6ccc(N(CC)Cc7cccc(S(=O)(=O)O)c7)cc6)sc5c4)cc3s2)cc1. The number of thiazole rings is 2. The predicted molar refractivity (Wildman–Crippen MR) is 250 cm³/mol. The van der Waals surface area contributed by atoms with Gasteiger partial charge in [-0.2, -0.15) is 8.42 Å². The van der Waals surface area contributed by atoms with Gasteiger partial charge < -0.3 is 9.80 Å². The van der Waals surface area contributed by atoms with Crippen molar-refractivity contribution in [2.24, 2.45) is 20.5 Å². The van der Waals surface area contributed by atoms with Crippen molar-refractivity contribution in [3.8, 4) is 0 Å². The number of hydrogen-bond donors (Lipinski definition) is 2.